The van der Waals surface area contributed by atoms with Crippen LogP contribution in [0.2, 0.25) is 0 Å². The van der Waals surface area contributed by atoms with Crippen LogP contribution in [-0.4, -0.2) is 18.4 Å². The van der Waals surface area contributed by atoms with Gasteiger partial charge in [-0.05, 0) is 32.4 Å². The molecule has 0 aliphatic carbocycles. The first kappa shape index (κ1) is 22.2. The van der Waals surface area contributed by atoms with Crippen molar-refractivity contribution in [3.63, 3.8) is 0 Å². The minimum Gasteiger partial charge on any atom is -0.341 e. The molecule has 0 radical (unpaired) electrons. The molecule has 6 heteroatoms. The molecular weight excluding hydrogens is 394 g/mol. The summed E-state index contributed by atoms with van der Waals surface area (Å²) >= 11 is 0. The number of rotatable bonds is 10. The third-order valence-corrected chi connectivity index (χ3v) is 6.76. The average Bonchev–Trinajstić information content (AvgIpc) is 3.21. The number of aromatic nitrogens is 2. The Hall–Kier alpha value is -2.44. The number of hydrogen-bond donors (Lipinski definition) is 2. The smallest absolute Gasteiger partial charge is 0.241 e. The first-order valence-electron chi connectivity index (χ1n) is 10.6. The summed E-state index contributed by atoms with van der Waals surface area (Å²) < 4.78 is 28.9. The standard InChI is InChI=1S/C24H31N3O2S/c1-4-5-6-7-8-22(27-30(28,29)21-15-11-19(3)12-16-21)23-17-25-24(26-23)20-13-9-18(2)10-14-20/h9-17,22,27H,4-8H2,1-3H3,(H,25,26)/t22-/m1/s1. The van der Waals surface area contributed by atoms with Crippen molar-refractivity contribution in [2.45, 2.75) is 63.8 Å². The molecule has 0 unspecified atom stereocenters. The Morgan fingerprint density at radius 2 is 1.57 bits per heavy atom. The molecule has 0 bridgehead atoms. The van der Waals surface area contributed by atoms with Crippen LogP contribution in [0.25, 0.3) is 11.4 Å². The monoisotopic (exact) mass is 425 g/mol. The molecule has 3 rings (SSSR count). The summed E-state index contributed by atoms with van der Waals surface area (Å²) in [5.41, 5.74) is 3.99. The quantitative estimate of drug-likeness (QED) is 0.410. The molecule has 0 aliphatic rings. The topological polar surface area (TPSA) is 74.8 Å². The number of aromatic amines is 1. The molecule has 0 amide bonds. The van der Waals surface area contributed by atoms with Crippen molar-refractivity contribution in [2.75, 3.05) is 0 Å². The molecule has 5 nitrogen and oxygen atoms in total. The van der Waals surface area contributed by atoms with Crippen LogP contribution in [-0.2, 0) is 10.0 Å². The summed E-state index contributed by atoms with van der Waals surface area (Å²) in [6.07, 6.45) is 6.79. The number of sulfonamides is 1. The SMILES string of the molecule is CCCCCC[C@@H](NS(=O)(=O)c1ccc(C)cc1)c1cnc(-c2ccc(C)cc2)[nH]1. The minimum absolute atomic E-state index is 0.282. The van der Waals surface area contributed by atoms with E-state index in [1.165, 1.54) is 5.56 Å². The van der Waals surface area contributed by atoms with Crippen molar-refractivity contribution in [1.29, 1.82) is 0 Å². The van der Waals surface area contributed by atoms with E-state index in [1.807, 2.05) is 50.2 Å². The van der Waals surface area contributed by atoms with Gasteiger partial charge in [-0.15, -0.1) is 0 Å². The van der Waals surface area contributed by atoms with Gasteiger partial charge in [-0.1, -0.05) is 80.1 Å². The number of unbranched alkanes of at least 4 members (excludes halogenated alkanes) is 3. The molecule has 1 heterocycles. The van der Waals surface area contributed by atoms with Crippen molar-refractivity contribution >= 4 is 10.0 Å². The van der Waals surface area contributed by atoms with Crippen molar-refractivity contribution in [3.8, 4) is 11.4 Å². The van der Waals surface area contributed by atoms with Crippen LogP contribution in [0.4, 0.5) is 0 Å². The number of nitrogens with zero attached hydrogens (tertiary/aromatic N) is 1. The third kappa shape index (κ3) is 5.80. The zero-order valence-corrected chi connectivity index (χ0v) is 18.8. The van der Waals surface area contributed by atoms with E-state index in [4.69, 9.17) is 0 Å². The summed E-state index contributed by atoms with van der Waals surface area (Å²) in [4.78, 5) is 8.12. The molecule has 1 atom stereocenters. The van der Waals surface area contributed by atoms with Crippen LogP contribution in [0.5, 0.6) is 0 Å². The second kappa shape index (κ2) is 10.0. The van der Waals surface area contributed by atoms with Crippen molar-refractivity contribution in [3.05, 3.63) is 71.5 Å². The van der Waals surface area contributed by atoms with E-state index >= 15 is 0 Å². The maximum atomic E-state index is 13.0. The third-order valence-electron chi connectivity index (χ3n) is 5.27. The Morgan fingerprint density at radius 1 is 0.933 bits per heavy atom. The van der Waals surface area contributed by atoms with Gasteiger partial charge in [-0.25, -0.2) is 18.1 Å². The molecule has 0 fully saturated rings. The lowest BCUT2D eigenvalue weighted by molar-refractivity contribution is 0.507. The molecule has 2 N–H and O–H groups in total. The Kier molecular flexibility index (Phi) is 7.45. The predicted octanol–water partition coefficient (Wildman–Crippen LogP) is 5.68. The molecule has 0 spiro atoms. The summed E-state index contributed by atoms with van der Waals surface area (Å²) in [5, 5.41) is 0. The first-order chi connectivity index (χ1) is 14.4. The molecule has 1 aromatic heterocycles. The summed E-state index contributed by atoms with van der Waals surface area (Å²) in [6, 6.07) is 14.7. The fourth-order valence-electron chi connectivity index (χ4n) is 3.40. The zero-order chi connectivity index (χ0) is 21.6. The summed E-state index contributed by atoms with van der Waals surface area (Å²) in [7, 11) is -3.63. The van der Waals surface area contributed by atoms with Crippen LogP contribution < -0.4 is 4.72 Å². The van der Waals surface area contributed by atoms with E-state index < -0.39 is 10.0 Å². The van der Waals surface area contributed by atoms with Gasteiger partial charge in [0.1, 0.15) is 5.82 Å². The van der Waals surface area contributed by atoms with Gasteiger partial charge in [0.05, 0.1) is 22.8 Å². The van der Waals surface area contributed by atoms with E-state index in [0.717, 1.165) is 54.7 Å². The Bertz CT molecular complexity index is 1040. The highest BCUT2D eigenvalue weighted by molar-refractivity contribution is 7.89. The van der Waals surface area contributed by atoms with Gasteiger partial charge >= 0.3 is 0 Å². The number of hydrogen-bond acceptors (Lipinski definition) is 3. The van der Waals surface area contributed by atoms with Crippen LogP contribution in [0.15, 0.2) is 59.6 Å². The van der Waals surface area contributed by atoms with E-state index in [2.05, 4.69) is 21.6 Å². The van der Waals surface area contributed by atoms with E-state index in [1.54, 1.807) is 18.3 Å². The number of benzene rings is 2. The van der Waals surface area contributed by atoms with E-state index in [9.17, 15) is 8.42 Å². The van der Waals surface area contributed by atoms with Gasteiger partial charge in [0.15, 0.2) is 0 Å². The molecule has 0 aliphatic heterocycles. The van der Waals surface area contributed by atoms with Crippen LogP contribution in [0.3, 0.4) is 0 Å². The van der Waals surface area contributed by atoms with Crippen LogP contribution >= 0.6 is 0 Å². The lowest BCUT2D eigenvalue weighted by atomic mass is 10.1. The molecule has 30 heavy (non-hydrogen) atoms. The Labute approximate surface area is 180 Å². The number of imidazole rings is 1. The van der Waals surface area contributed by atoms with Gasteiger partial charge in [0.25, 0.3) is 0 Å². The normalized spacial score (nSPS) is 12.8. The van der Waals surface area contributed by atoms with Crippen molar-refractivity contribution in [2.24, 2.45) is 0 Å². The minimum atomic E-state index is -3.63. The fourth-order valence-corrected chi connectivity index (χ4v) is 4.65. The van der Waals surface area contributed by atoms with E-state index in [-0.39, 0.29) is 10.9 Å². The van der Waals surface area contributed by atoms with Gasteiger partial charge in [0, 0.05) is 5.56 Å². The molecule has 160 valence electrons. The lowest BCUT2D eigenvalue weighted by Gasteiger charge is -2.18. The highest BCUT2D eigenvalue weighted by Crippen LogP contribution is 2.25. The van der Waals surface area contributed by atoms with Crippen LogP contribution in [0, 0.1) is 13.8 Å². The number of aryl methyl sites for hydroxylation is 2. The highest BCUT2D eigenvalue weighted by atomic mass is 32.2. The maximum Gasteiger partial charge on any atom is 0.241 e. The van der Waals surface area contributed by atoms with Crippen molar-refractivity contribution in [1.82, 2.24) is 14.7 Å². The van der Waals surface area contributed by atoms with Gasteiger partial charge in [0.2, 0.25) is 10.0 Å². The fraction of sp³-hybridized carbons (Fsp3) is 0.375. The van der Waals surface area contributed by atoms with Gasteiger partial charge in [-0.3, -0.25) is 0 Å². The molecule has 0 saturated carbocycles. The summed E-state index contributed by atoms with van der Waals surface area (Å²) in [6.45, 7) is 6.15. The lowest BCUT2D eigenvalue weighted by Crippen LogP contribution is -2.29. The number of nitrogens with one attached hydrogen (secondary N) is 2. The molecular formula is C24H31N3O2S. The molecule has 3 aromatic rings. The summed E-state index contributed by atoms with van der Waals surface area (Å²) in [5.74, 6) is 0.748. The Morgan fingerprint density at radius 3 is 2.20 bits per heavy atom. The predicted molar refractivity (Wildman–Crippen MR) is 122 cm³/mol. The second-order valence-electron chi connectivity index (χ2n) is 7.89. The van der Waals surface area contributed by atoms with E-state index in [0.29, 0.717) is 0 Å². The zero-order valence-electron chi connectivity index (χ0n) is 18.0. The average molecular weight is 426 g/mol. The first-order valence-corrected chi connectivity index (χ1v) is 12.1. The Balaban J connectivity index is 1.83. The maximum absolute atomic E-state index is 13.0. The number of H-pyrrole nitrogens is 1. The van der Waals surface area contributed by atoms with Gasteiger partial charge in [-0.2, -0.15) is 0 Å². The molecule has 0 saturated heterocycles. The molecule has 2 aromatic carbocycles. The van der Waals surface area contributed by atoms with Crippen molar-refractivity contribution < 1.29 is 8.42 Å². The second-order valence-corrected chi connectivity index (χ2v) is 9.60. The van der Waals surface area contributed by atoms with Crippen LogP contribution in [0.1, 0.15) is 61.9 Å². The highest BCUT2D eigenvalue weighted by Gasteiger charge is 2.23. The largest absolute Gasteiger partial charge is 0.341 e. The van der Waals surface area contributed by atoms with Gasteiger partial charge < -0.3 is 4.98 Å².